The van der Waals surface area contributed by atoms with Crippen molar-refractivity contribution in [3.8, 4) is 11.4 Å². The van der Waals surface area contributed by atoms with Crippen LogP contribution in [0.1, 0.15) is 12.3 Å². The first kappa shape index (κ1) is 11.8. The van der Waals surface area contributed by atoms with E-state index >= 15 is 0 Å². The fourth-order valence-corrected chi connectivity index (χ4v) is 1.94. The number of aryl methyl sites for hydroxylation is 1. The second-order valence-corrected chi connectivity index (χ2v) is 4.31. The molecule has 2 N–H and O–H groups in total. The number of benzene rings is 1. The SMILES string of the molecule is NCCCc1nc(-c2ccc3ncccc3c2)no1. The molecule has 2 aromatic heterocycles. The second-order valence-electron chi connectivity index (χ2n) is 4.31. The van der Waals surface area contributed by atoms with Crippen molar-refractivity contribution in [2.75, 3.05) is 6.54 Å². The summed E-state index contributed by atoms with van der Waals surface area (Å²) in [6, 6.07) is 9.85. The van der Waals surface area contributed by atoms with Crippen molar-refractivity contribution in [2.45, 2.75) is 12.8 Å². The van der Waals surface area contributed by atoms with E-state index in [0.717, 1.165) is 29.3 Å². The van der Waals surface area contributed by atoms with E-state index in [9.17, 15) is 0 Å². The van der Waals surface area contributed by atoms with Gasteiger partial charge >= 0.3 is 0 Å². The first-order chi connectivity index (χ1) is 9.36. The standard InChI is InChI=1S/C14H14N4O/c15-7-1-4-13-17-14(18-19-13)11-5-6-12-10(9-11)3-2-8-16-12/h2-3,5-6,8-9H,1,4,7,15H2. The van der Waals surface area contributed by atoms with Gasteiger partial charge in [0.05, 0.1) is 5.52 Å². The average molecular weight is 254 g/mol. The Morgan fingerprint density at radius 2 is 2.16 bits per heavy atom. The Balaban J connectivity index is 1.92. The van der Waals surface area contributed by atoms with Gasteiger partial charge in [0, 0.05) is 23.6 Å². The molecule has 0 saturated heterocycles. The third-order valence-corrected chi connectivity index (χ3v) is 2.92. The minimum absolute atomic E-state index is 0.609. The van der Waals surface area contributed by atoms with Gasteiger partial charge in [-0.05, 0) is 37.2 Å². The summed E-state index contributed by atoms with van der Waals surface area (Å²) in [5.74, 6) is 1.24. The molecule has 3 rings (SSSR count). The minimum Gasteiger partial charge on any atom is -0.339 e. The molecule has 5 nitrogen and oxygen atoms in total. The quantitative estimate of drug-likeness (QED) is 0.772. The predicted octanol–water partition coefficient (Wildman–Crippen LogP) is 2.18. The van der Waals surface area contributed by atoms with Crippen LogP contribution in [0.25, 0.3) is 22.3 Å². The van der Waals surface area contributed by atoms with Gasteiger partial charge in [-0.15, -0.1) is 0 Å². The monoisotopic (exact) mass is 254 g/mol. The van der Waals surface area contributed by atoms with Crippen LogP contribution in [0.3, 0.4) is 0 Å². The van der Waals surface area contributed by atoms with Gasteiger partial charge < -0.3 is 10.3 Å². The number of nitrogens with two attached hydrogens (primary N) is 1. The Morgan fingerprint density at radius 1 is 1.21 bits per heavy atom. The number of hydrogen-bond acceptors (Lipinski definition) is 5. The largest absolute Gasteiger partial charge is 0.339 e. The van der Waals surface area contributed by atoms with E-state index < -0.39 is 0 Å². The molecule has 19 heavy (non-hydrogen) atoms. The van der Waals surface area contributed by atoms with E-state index in [1.165, 1.54) is 0 Å². The lowest BCUT2D eigenvalue weighted by molar-refractivity contribution is 0.376. The van der Waals surface area contributed by atoms with Crippen LogP contribution >= 0.6 is 0 Å². The van der Waals surface area contributed by atoms with Gasteiger partial charge in [0.2, 0.25) is 11.7 Å². The highest BCUT2D eigenvalue weighted by Crippen LogP contribution is 2.21. The zero-order valence-corrected chi connectivity index (χ0v) is 10.4. The Labute approximate surface area is 110 Å². The lowest BCUT2D eigenvalue weighted by Gasteiger charge is -1.98. The van der Waals surface area contributed by atoms with E-state index in [4.69, 9.17) is 10.3 Å². The van der Waals surface area contributed by atoms with Crippen LogP contribution in [0, 0.1) is 0 Å². The summed E-state index contributed by atoms with van der Waals surface area (Å²) in [5, 5.41) is 5.06. The zero-order chi connectivity index (χ0) is 13.1. The molecule has 0 amide bonds. The minimum atomic E-state index is 0.609. The Bertz CT molecular complexity index is 692. The fourth-order valence-electron chi connectivity index (χ4n) is 1.94. The van der Waals surface area contributed by atoms with Crippen molar-refractivity contribution in [2.24, 2.45) is 5.73 Å². The molecule has 0 bridgehead atoms. The highest BCUT2D eigenvalue weighted by atomic mass is 16.5. The van der Waals surface area contributed by atoms with Crippen LogP contribution < -0.4 is 5.73 Å². The third kappa shape index (κ3) is 2.46. The summed E-state index contributed by atoms with van der Waals surface area (Å²) in [7, 11) is 0. The highest BCUT2D eigenvalue weighted by Gasteiger charge is 2.08. The molecule has 96 valence electrons. The first-order valence-electron chi connectivity index (χ1n) is 6.24. The molecule has 0 aliphatic heterocycles. The normalized spacial score (nSPS) is 11.0. The smallest absolute Gasteiger partial charge is 0.227 e. The topological polar surface area (TPSA) is 77.8 Å². The maximum absolute atomic E-state index is 5.46. The number of fused-ring (bicyclic) bond motifs is 1. The molecular formula is C14H14N4O. The van der Waals surface area contributed by atoms with Gasteiger partial charge in [0.1, 0.15) is 0 Å². The summed E-state index contributed by atoms with van der Waals surface area (Å²) in [6.45, 7) is 0.624. The summed E-state index contributed by atoms with van der Waals surface area (Å²) in [6.07, 6.45) is 3.35. The summed E-state index contributed by atoms with van der Waals surface area (Å²) < 4.78 is 5.20. The van der Waals surface area contributed by atoms with Gasteiger partial charge in [-0.2, -0.15) is 4.98 Å². The van der Waals surface area contributed by atoms with Gasteiger partial charge in [0.15, 0.2) is 0 Å². The van der Waals surface area contributed by atoms with Crippen LogP contribution in [0.5, 0.6) is 0 Å². The van der Waals surface area contributed by atoms with Gasteiger partial charge in [0.25, 0.3) is 0 Å². The molecule has 0 unspecified atom stereocenters. The van der Waals surface area contributed by atoms with Crippen molar-refractivity contribution in [3.63, 3.8) is 0 Å². The third-order valence-electron chi connectivity index (χ3n) is 2.92. The molecule has 0 atom stereocenters. The molecule has 2 heterocycles. The van der Waals surface area contributed by atoms with E-state index in [0.29, 0.717) is 18.3 Å². The summed E-state index contributed by atoms with van der Waals surface area (Å²) >= 11 is 0. The highest BCUT2D eigenvalue weighted by molar-refractivity contribution is 5.82. The molecule has 0 radical (unpaired) electrons. The zero-order valence-electron chi connectivity index (χ0n) is 10.4. The fraction of sp³-hybridized carbons (Fsp3) is 0.214. The van der Waals surface area contributed by atoms with Crippen LogP contribution in [-0.4, -0.2) is 21.7 Å². The molecule has 1 aromatic carbocycles. The Morgan fingerprint density at radius 3 is 3.05 bits per heavy atom. The number of aromatic nitrogens is 3. The van der Waals surface area contributed by atoms with Crippen LogP contribution in [-0.2, 0) is 6.42 Å². The van der Waals surface area contributed by atoms with Crippen molar-refractivity contribution >= 4 is 10.9 Å². The lowest BCUT2D eigenvalue weighted by Crippen LogP contribution is -2.00. The van der Waals surface area contributed by atoms with Crippen LogP contribution in [0.4, 0.5) is 0 Å². The summed E-state index contributed by atoms with van der Waals surface area (Å²) in [5.41, 5.74) is 7.35. The molecule has 0 aliphatic rings. The number of hydrogen-bond donors (Lipinski definition) is 1. The van der Waals surface area contributed by atoms with Crippen molar-refractivity contribution in [3.05, 3.63) is 42.4 Å². The number of rotatable bonds is 4. The van der Waals surface area contributed by atoms with Crippen molar-refractivity contribution in [1.82, 2.24) is 15.1 Å². The number of pyridine rings is 1. The van der Waals surface area contributed by atoms with Crippen LogP contribution in [0.2, 0.25) is 0 Å². The second kappa shape index (κ2) is 5.16. The lowest BCUT2D eigenvalue weighted by atomic mass is 10.1. The van der Waals surface area contributed by atoms with Crippen LogP contribution in [0.15, 0.2) is 41.1 Å². The molecule has 0 aliphatic carbocycles. The van der Waals surface area contributed by atoms with Crippen molar-refractivity contribution in [1.29, 1.82) is 0 Å². The van der Waals surface area contributed by atoms with Gasteiger partial charge in [-0.25, -0.2) is 0 Å². The Hall–Kier alpha value is -2.27. The van der Waals surface area contributed by atoms with E-state index in [-0.39, 0.29) is 0 Å². The number of nitrogens with zero attached hydrogens (tertiary/aromatic N) is 3. The first-order valence-corrected chi connectivity index (χ1v) is 6.24. The average Bonchev–Trinajstić information content (AvgIpc) is 2.93. The van der Waals surface area contributed by atoms with Crippen molar-refractivity contribution < 1.29 is 4.52 Å². The molecule has 5 heteroatoms. The Kier molecular flexibility index (Phi) is 3.20. The van der Waals surface area contributed by atoms with Gasteiger partial charge in [-0.1, -0.05) is 11.2 Å². The van der Waals surface area contributed by atoms with E-state index in [2.05, 4.69) is 15.1 Å². The maximum atomic E-state index is 5.46. The summed E-state index contributed by atoms with van der Waals surface area (Å²) in [4.78, 5) is 8.65. The molecule has 0 saturated carbocycles. The molecule has 0 spiro atoms. The maximum Gasteiger partial charge on any atom is 0.227 e. The molecule has 0 fully saturated rings. The molecule has 3 aromatic rings. The van der Waals surface area contributed by atoms with Gasteiger partial charge in [-0.3, -0.25) is 4.98 Å². The predicted molar refractivity (Wildman–Crippen MR) is 72.4 cm³/mol. The van der Waals surface area contributed by atoms with E-state index in [1.807, 2.05) is 30.3 Å². The van der Waals surface area contributed by atoms with E-state index in [1.54, 1.807) is 6.20 Å². The molecular weight excluding hydrogens is 240 g/mol.